The summed E-state index contributed by atoms with van der Waals surface area (Å²) in [6.07, 6.45) is 0.443. The third-order valence-corrected chi connectivity index (χ3v) is 3.35. The Morgan fingerprint density at radius 2 is 1.84 bits per heavy atom. The lowest BCUT2D eigenvalue weighted by atomic mass is 10.2. The van der Waals surface area contributed by atoms with Crippen molar-refractivity contribution < 1.29 is 23.5 Å². The molecule has 2 rings (SSSR count). The zero-order valence-electron chi connectivity index (χ0n) is 13.9. The van der Waals surface area contributed by atoms with E-state index in [0.717, 1.165) is 5.56 Å². The van der Waals surface area contributed by atoms with E-state index in [1.807, 2.05) is 30.3 Å². The Kier molecular flexibility index (Phi) is 6.76. The van der Waals surface area contributed by atoms with E-state index in [0.29, 0.717) is 6.54 Å². The highest BCUT2D eigenvalue weighted by atomic mass is 16.5. The molecule has 0 aliphatic heterocycles. The Labute approximate surface area is 145 Å². The molecule has 1 atom stereocenters. The number of carbonyl (C=O) groups is 3. The van der Waals surface area contributed by atoms with Gasteiger partial charge in [-0.05, 0) is 24.6 Å². The van der Waals surface area contributed by atoms with Crippen LogP contribution in [0.3, 0.4) is 0 Å². The van der Waals surface area contributed by atoms with Gasteiger partial charge in [-0.15, -0.1) is 0 Å². The monoisotopic (exact) mass is 344 g/mol. The maximum atomic E-state index is 11.9. The van der Waals surface area contributed by atoms with Crippen molar-refractivity contribution in [3.05, 3.63) is 60.1 Å². The Morgan fingerprint density at radius 1 is 1.08 bits per heavy atom. The summed E-state index contributed by atoms with van der Waals surface area (Å²) in [6, 6.07) is 12.5. The number of nitrogens with one attached hydrogen (secondary N) is 2. The predicted molar refractivity (Wildman–Crippen MR) is 89.5 cm³/mol. The van der Waals surface area contributed by atoms with Crippen LogP contribution < -0.4 is 10.6 Å². The fraction of sp³-hybridized carbons (Fsp3) is 0.278. The van der Waals surface area contributed by atoms with Gasteiger partial charge in [0.05, 0.1) is 12.7 Å². The lowest BCUT2D eigenvalue weighted by Crippen LogP contribution is -2.36. The highest BCUT2D eigenvalue weighted by molar-refractivity contribution is 5.91. The second-order valence-electron chi connectivity index (χ2n) is 5.32. The molecular weight excluding hydrogens is 324 g/mol. The van der Waals surface area contributed by atoms with Crippen molar-refractivity contribution in [1.82, 2.24) is 10.6 Å². The molecule has 1 aromatic carbocycles. The molecule has 0 bridgehead atoms. The lowest BCUT2D eigenvalue weighted by molar-refractivity contribution is -0.154. The third kappa shape index (κ3) is 6.14. The van der Waals surface area contributed by atoms with Crippen LogP contribution in [-0.4, -0.2) is 30.4 Å². The first-order chi connectivity index (χ1) is 12.1. The number of hydrogen-bond donors (Lipinski definition) is 2. The summed E-state index contributed by atoms with van der Waals surface area (Å²) in [7, 11) is 0. The van der Waals surface area contributed by atoms with Gasteiger partial charge in [-0.3, -0.25) is 14.4 Å². The molecule has 0 saturated heterocycles. The first-order valence-electron chi connectivity index (χ1n) is 7.89. The van der Waals surface area contributed by atoms with E-state index < -0.39 is 18.0 Å². The number of benzene rings is 1. The first kappa shape index (κ1) is 18.3. The maximum absolute atomic E-state index is 11.9. The van der Waals surface area contributed by atoms with E-state index in [1.165, 1.54) is 19.3 Å². The summed E-state index contributed by atoms with van der Waals surface area (Å²) in [5.41, 5.74) is 0.954. The van der Waals surface area contributed by atoms with Gasteiger partial charge in [-0.25, -0.2) is 0 Å². The summed E-state index contributed by atoms with van der Waals surface area (Å²) in [6.45, 7) is 1.96. The first-order valence-corrected chi connectivity index (χ1v) is 7.89. The van der Waals surface area contributed by atoms with Crippen molar-refractivity contribution in [2.45, 2.75) is 26.0 Å². The third-order valence-electron chi connectivity index (χ3n) is 3.35. The van der Waals surface area contributed by atoms with Gasteiger partial charge >= 0.3 is 5.97 Å². The number of rotatable bonds is 8. The Bertz CT molecular complexity index is 698. The number of furan rings is 1. The molecule has 1 heterocycles. The molecule has 2 amide bonds. The molecule has 7 nitrogen and oxygen atoms in total. The maximum Gasteiger partial charge on any atom is 0.308 e. The summed E-state index contributed by atoms with van der Waals surface area (Å²) in [5.74, 6) is -1.19. The van der Waals surface area contributed by atoms with Gasteiger partial charge in [0.2, 0.25) is 0 Å². The van der Waals surface area contributed by atoms with Crippen LogP contribution in [0, 0.1) is 0 Å². The highest BCUT2D eigenvalue weighted by Crippen LogP contribution is 2.01. The van der Waals surface area contributed by atoms with E-state index in [2.05, 4.69) is 10.6 Å². The summed E-state index contributed by atoms with van der Waals surface area (Å²) >= 11 is 0. The van der Waals surface area contributed by atoms with Crippen LogP contribution >= 0.6 is 0 Å². The van der Waals surface area contributed by atoms with Gasteiger partial charge in [0, 0.05) is 13.1 Å². The van der Waals surface area contributed by atoms with Crippen LogP contribution in [0.2, 0.25) is 0 Å². The van der Waals surface area contributed by atoms with E-state index in [1.54, 1.807) is 6.07 Å². The van der Waals surface area contributed by atoms with Crippen LogP contribution in [0.15, 0.2) is 53.1 Å². The molecule has 0 saturated carbocycles. The fourth-order valence-corrected chi connectivity index (χ4v) is 2.01. The standard InChI is InChI=1S/C18H20N2O5/c1-13(17(22)20-12-14-6-3-2-4-7-14)25-16(21)9-10-19-18(23)15-8-5-11-24-15/h2-8,11,13H,9-10,12H2,1H3,(H,19,23)(H,20,22). The van der Waals surface area contributed by atoms with Crippen molar-refractivity contribution >= 4 is 17.8 Å². The average Bonchev–Trinajstić information content (AvgIpc) is 3.15. The van der Waals surface area contributed by atoms with Crippen LogP contribution in [-0.2, 0) is 20.9 Å². The van der Waals surface area contributed by atoms with Crippen molar-refractivity contribution in [1.29, 1.82) is 0 Å². The zero-order chi connectivity index (χ0) is 18.1. The van der Waals surface area contributed by atoms with Gasteiger partial charge in [0.15, 0.2) is 11.9 Å². The molecule has 2 aromatic rings. The average molecular weight is 344 g/mol. The Morgan fingerprint density at radius 3 is 2.52 bits per heavy atom. The molecule has 0 aliphatic rings. The minimum atomic E-state index is -0.906. The fourth-order valence-electron chi connectivity index (χ4n) is 2.01. The smallest absolute Gasteiger partial charge is 0.308 e. The second-order valence-corrected chi connectivity index (χ2v) is 5.32. The molecule has 0 aliphatic carbocycles. The van der Waals surface area contributed by atoms with E-state index in [9.17, 15) is 14.4 Å². The van der Waals surface area contributed by atoms with E-state index >= 15 is 0 Å². The van der Waals surface area contributed by atoms with E-state index in [-0.39, 0.29) is 24.6 Å². The van der Waals surface area contributed by atoms with Gasteiger partial charge in [0.1, 0.15) is 0 Å². The van der Waals surface area contributed by atoms with Gasteiger partial charge in [-0.1, -0.05) is 30.3 Å². The van der Waals surface area contributed by atoms with Gasteiger partial charge in [-0.2, -0.15) is 0 Å². The molecule has 0 radical (unpaired) electrons. The molecule has 7 heteroatoms. The van der Waals surface area contributed by atoms with Crippen molar-refractivity contribution in [2.24, 2.45) is 0 Å². The van der Waals surface area contributed by atoms with Gasteiger partial charge in [0.25, 0.3) is 11.8 Å². The quantitative estimate of drug-likeness (QED) is 0.710. The minimum Gasteiger partial charge on any atom is -0.459 e. The largest absolute Gasteiger partial charge is 0.459 e. The summed E-state index contributed by atoms with van der Waals surface area (Å²) in [5, 5.41) is 5.23. The van der Waals surface area contributed by atoms with Crippen LogP contribution in [0.1, 0.15) is 29.5 Å². The topological polar surface area (TPSA) is 97.6 Å². The minimum absolute atomic E-state index is 0.0389. The number of carbonyl (C=O) groups excluding carboxylic acids is 3. The molecule has 2 N–H and O–H groups in total. The number of amides is 2. The SMILES string of the molecule is CC(OC(=O)CCNC(=O)c1ccco1)C(=O)NCc1ccccc1. The zero-order valence-corrected chi connectivity index (χ0v) is 13.9. The number of esters is 1. The Balaban J connectivity index is 1.65. The summed E-state index contributed by atoms with van der Waals surface area (Å²) in [4.78, 5) is 35.3. The van der Waals surface area contributed by atoms with E-state index in [4.69, 9.17) is 9.15 Å². The lowest BCUT2D eigenvalue weighted by Gasteiger charge is -2.13. The van der Waals surface area contributed by atoms with Crippen LogP contribution in [0.5, 0.6) is 0 Å². The molecular formula is C18H20N2O5. The van der Waals surface area contributed by atoms with Crippen molar-refractivity contribution in [3.63, 3.8) is 0 Å². The van der Waals surface area contributed by atoms with Crippen molar-refractivity contribution in [2.75, 3.05) is 6.54 Å². The summed E-state index contributed by atoms with van der Waals surface area (Å²) < 4.78 is 9.98. The molecule has 1 unspecified atom stereocenters. The Hall–Kier alpha value is -3.09. The number of hydrogen-bond acceptors (Lipinski definition) is 5. The van der Waals surface area contributed by atoms with Crippen LogP contribution in [0.25, 0.3) is 0 Å². The molecule has 132 valence electrons. The number of ether oxygens (including phenoxy) is 1. The molecule has 25 heavy (non-hydrogen) atoms. The normalized spacial score (nSPS) is 11.4. The molecule has 1 aromatic heterocycles. The second kappa shape index (κ2) is 9.27. The highest BCUT2D eigenvalue weighted by Gasteiger charge is 2.17. The van der Waals surface area contributed by atoms with Crippen LogP contribution in [0.4, 0.5) is 0 Å². The van der Waals surface area contributed by atoms with Gasteiger partial charge < -0.3 is 19.8 Å². The van der Waals surface area contributed by atoms with Crippen molar-refractivity contribution in [3.8, 4) is 0 Å². The molecule has 0 fully saturated rings. The molecule has 0 spiro atoms. The predicted octanol–water partition coefficient (Wildman–Crippen LogP) is 1.65.